The predicted octanol–water partition coefficient (Wildman–Crippen LogP) is 2.04. The summed E-state index contributed by atoms with van der Waals surface area (Å²) in [6, 6.07) is 9.24. The molecule has 2 aromatic carbocycles. The molecule has 1 amide bonds. The highest BCUT2D eigenvalue weighted by Crippen LogP contribution is 2.32. The fraction of sp³-hybridized carbons (Fsp3) is 0.400. The van der Waals surface area contributed by atoms with Gasteiger partial charge in [0.15, 0.2) is 6.29 Å². The highest BCUT2D eigenvalue weighted by Gasteiger charge is 2.32. The van der Waals surface area contributed by atoms with Gasteiger partial charge in [0.25, 0.3) is 0 Å². The summed E-state index contributed by atoms with van der Waals surface area (Å²) < 4.78 is 5.32. The average Bonchev–Trinajstić information content (AvgIpc) is 3.18. The van der Waals surface area contributed by atoms with Gasteiger partial charge in [-0.25, -0.2) is 0 Å². The van der Waals surface area contributed by atoms with E-state index in [1.807, 2.05) is 23.1 Å². The van der Waals surface area contributed by atoms with Crippen LogP contribution in [0.1, 0.15) is 16.8 Å². The van der Waals surface area contributed by atoms with Crippen LogP contribution >= 0.6 is 0 Å². The molecule has 0 spiro atoms. The summed E-state index contributed by atoms with van der Waals surface area (Å²) in [6.45, 7) is 4.06. The number of aromatic hydroxyl groups is 1. The van der Waals surface area contributed by atoms with Gasteiger partial charge in [-0.05, 0) is 35.4 Å². The molecule has 0 aromatic heterocycles. The van der Waals surface area contributed by atoms with Crippen molar-refractivity contribution < 1.29 is 19.4 Å². The van der Waals surface area contributed by atoms with Crippen LogP contribution in [0.25, 0.3) is 10.8 Å². The summed E-state index contributed by atoms with van der Waals surface area (Å²) in [5, 5.41) is 11.6. The summed E-state index contributed by atoms with van der Waals surface area (Å²) in [7, 11) is 0. The van der Waals surface area contributed by atoms with Crippen LogP contribution in [-0.4, -0.2) is 61.6 Å². The van der Waals surface area contributed by atoms with Crippen LogP contribution in [0.15, 0.2) is 30.3 Å². The van der Waals surface area contributed by atoms with E-state index in [2.05, 4.69) is 4.90 Å². The van der Waals surface area contributed by atoms with Crippen LogP contribution in [-0.2, 0) is 9.53 Å². The monoisotopic (exact) mass is 354 g/mol. The van der Waals surface area contributed by atoms with Crippen LogP contribution < -0.4 is 4.90 Å². The van der Waals surface area contributed by atoms with E-state index < -0.39 is 0 Å². The van der Waals surface area contributed by atoms with Gasteiger partial charge in [-0.15, -0.1) is 0 Å². The Bertz CT molecular complexity index is 845. The summed E-state index contributed by atoms with van der Waals surface area (Å²) in [4.78, 5) is 28.1. The number of fused-ring (bicyclic) bond motifs is 1. The van der Waals surface area contributed by atoms with E-state index in [1.165, 1.54) is 0 Å². The Morgan fingerprint density at radius 3 is 2.69 bits per heavy atom. The van der Waals surface area contributed by atoms with E-state index in [0.29, 0.717) is 44.7 Å². The normalized spacial score (nSPS) is 20.5. The van der Waals surface area contributed by atoms with Crippen molar-refractivity contribution in [2.45, 2.75) is 6.42 Å². The minimum Gasteiger partial charge on any atom is -0.507 e. The molecule has 1 N–H and O–H groups in total. The Labute approximate surface area is 152 Å². The highest BCUT2D eigenvalue weighted by molar-refractivity contribution is 6.02. The van der Waals surface area contributed by atoms with E-state index in [9.17, 15) is 14.7 Å². The topological polar surface area (TPSA) is 70.1 Å². The molecule has 26 heavy (non-hydrogen) atoms. The van der Waals surface area contributed by atoms with E-state index in [-0.39, 0.29) is 17.6 Å². The standard InChI is InChI=1S/C20H22N2O4/c23-13-18-17-11-16(3-1-14(17)2-4-19(18)24)22-6-5-15(12-22)20(25)21-7-9-26-10-8-21/h1-4,11,13,15,24H,5-10,12H2. The Morgan fingerprint density at radius 1 is 1.15 bits per heavy atom. The number of carbonyl (C=O) groups is 2. The number of hydrogen-bond donors (Lipinski definition) is 1. The van der Waals surface area contributed by atoms with Crippen LogP contribution in [0.5, 0.6) is 5.75 Å². The maximum Gasteiger partial charge on any atom is 0.227 e. The lowest BCUT2D eigenvalue weighted by Gasteiger charge is -2.29. The van der Waals surface area contributed by atoms with E-state index >= 15 is 0 Å². The number of aldehydes is 1. The fourth-order valence-corrected chi connectivity index (χ4v) is 3.88. The molecule has 6 heteroatoms. The van der Waals surface area contributed by atoms with Crippen molar-refractivity contribution in [3.05, 3.63) is 35.9 Å². The van der Waals surface area contributed by atoms with Crippen molar-refractivity contribution in [2.75, 3.05) is 44.3 Å². The largest absolute Gasteiger partial charge is 0.507 e. The Hall–Kier alpha value is -2.60. The minimum atomic E-state index is -0.00792. The van der Waals surface area contributed by atoms with Crippen LogP contribution in [0.2, 0.25) is 0 Å². The number of anilines is 1. The van der Waals surface area contributed by atoms with Crippen LogP contribution in [0, 0.1) is 5.92 Å². The molecule has 2 aliphatic heterocycles. The number of nitrogens with zero attached hydrogens (tertiary/aromatic N) is 2. The highest BCUT2D eigenvalue weighted by atomic mass is 16.5. The molecule has 6 nitrogen and oxygen atoms in total. The molecule has 1 atom stereocenters. The smallest absolute Gasteiger partial charge is 0.227 e. The van der Waals surface area contributed by atoms with Gasteiger partial charge in [0.2, 0.25) is 5.91 Å². The quantitative estimate of drug-likeness (QED) is 0.855. The molecule has 0 saturated carbocycles. The Kier molecular flexibility index (Phi) is 4.51. The Balaban J connectivity index is 1.55. The Morgan fingerprint density at radius 2 is 1.92 bits per heavy atom. The number of amides is 1. The summed E-state index contributed by atoms with van der Waals surface area (Å²) >= 11 is 0. The predicted molar refractivity (Wildman–Crippen MR) is 98.7 cm³/mol. The number of rotatable bonds is 3. The van der Waals surface area contributed by atoms with E-state index in [4.69, 9.17) is 4.74 Å². The number of benzene rings is 2. The number of carbonyl (C=O) groups excluding carboxylic acids is 2. The molecule has 2 aliphatic rings. The molecular formula is C20H22N2O4. The number of morpholine rings is 1. The lowest BCUT2D eigenvalue weighted by Crippen LogP contribution is -2.44. The lowest BCUT2D eigenvalue weighted by molar-refractivity contribution is -0.138. The summed E-state index contributed by atoms with van der Waals surface area (Å²) in [5.74, 6) is 0.202. The minimum absolute atomic E-state index is 0.00138. The molecule has 1 unspecified atom stereocenters. The second kappa shape index (κ2) is 6.96. The zero-order valence-electron chi connectivity index (χ0n) is 14.6. The van der Waals surface area contributed by atoms with Gasteiger partial charge in [0.1, 0.15) is 5.75 Å². The van der Waals surface area contributed by atoms with Crippen molar-refractivity contribution >= 4 is 28.7 Å². The number of phenolic OH excluding ortho intramolecular Hbond substituents is 1. The zero-order valence-corrected chi connectivity index (χ0v) is 14.6. The molecule has 0 bridgehead atoms. The molecule has 2 heterocycles. The number of phenols is 1. The summed E-state index contributed by atoms with van der Waals surface area (Å²) in [6.07, 6.45) is 1.52. The molecule has 0 aliphatic carbocycles. The van der Waals surface area contributed by atoms with Crippen molar-refractivity contribution in [1.29, 1.82) is 0 Å². The first-order valence-electron chi connectivity index (χ1n) is 9.00. The molecule has 2 aromatic rings. The van der Waals surface area contributed by atoms with Crippen LogP contribution in [0.3, 0.4) is 0 Å². The molecule has 2 fully saturated rings. The van der Waals surface area contributed by atoms with Crippen molar-refractivity contribution in [2.24, 2.45) is 5.92 Å². The SMILES string of the molecule is O=Cc1c(O)ccc2ccc(N3CCC(C(=O)N4CCOCC4)C3)cc12. The van der Waals surface area contributed by atoms with Crippen molar-refractivity contribution in [1.82, 2.24) is 4.90 Å². The number of hydrogen-bond acceptors (Lipinski definition) is 5. The molecule has 4 rings (SSSR count). The molecular weight excluding hydrogens is 332 g/mol. The van der Waals surface area contributed by atoms with Gasteiger partial charge in [-0.3, -0.25) is 9.59 Å². The van der Waals surface area contributed by atoms with Crippen molar-refractivity contribution in [3.8, 4) is 5.75 Å². The van der Waals surface area contributed by atoms with Crippen molar-refractivity contribution in [3.63, 3.8) is 0 Å². The molecule has 136 valence electrons. The van der Waals surface area contributed by atoms with Gasteiger partial charge >= 0.3 is 0 Å². The first-order valence-corrected chi connectivity index (χ1v) is 9.00. The maximum absolute atomic E-state index is 12.7. The van der Waals surface area contributed by atoms with E-state index in [1.54, 1.807) is 12.1 Å². The maximum atomic E-state index is 12.7. The summed E-state index contributed by atoms with van der Waals surface area (Å²) in [5.41, 5.74) is 1.29. The first-order chi connectivity index (χ1) is 12.7. The third-order valence-electron chi connectivity index (χ3n) is 5.37. The van der Waals surface area contributed by atoms with Crippen LogP contribution in [0.4, 0.5) is 5.69 Å². The van der Waals surface area contributed by atoms with Gasteiger partial charge in [0.05, 0.1) is 24.7 Å². The molecule has 2 saturated heterocycles. The second-order valence-electron chi connectivity index (χ2n) is 6.89. The first kappa shape index (κ1) is 16.8. The third kappa shape index (κ3) is 3.01. The molecule has 0 radical (unpaired) electrons. The van der Waals surface area contributed by atoms with Gasteiger partial charge in [-0.2, -0.15) is 0 Å². The van der Waals surface area contributed by atoms with Gasteiger partial charge in [-0.1, -0.05) is 12.1 Å². The third-order valence-corrected chi connectivity index (χ3v) is 5.37. The second-order valence-corrected chi connectivity index (χ2v) is 6.89. The fourth-order valence-electron chi connectivity index (χ4n) is 3.88. The average molecular weight is 354 g/mol. The van der Waals surface area contributed by atoms with Gasteiger partial charge < -0.3 is 19.6 Å². The zero-order chi connectivity index (χ0) is 18.1. The van der Waals surface area contributed by atoms with Gasteiger partial charge in [0, 0.05) is 31.9 Å². The number of ether oxygens (including phenoxy) is 1. The lowest BCUT2D eigenvalue weighted by atomic mass is 10.0. The van der Waals surface area contributed by atoms with E-state index in [0.717, 1.165) is 29.4 Å².